The number of hydrogen-bond donors (Lipinski definition) is 1. The number of nitrogens with one attached hydrogen (secondary N) is 1. The van der Waals surface area contributed by atoms with Crippen LogP contribution in [0.4, 0.5) is 0 Å². The lowest BCUT2D eigenvalue weighted by atomic mass is 10.0. The van der Waals surface area contributed by atoms with Gasteiger partial charge in [-0.3, -0.25) is 4.79 Å². The van der Waals surface area contributed by atoms with Gasteiger partial charge in [-0.15, -0.1) is 0 Å². The van der Waals surface area contributed by atoms with Crippen LogP contribution in [-0.4, -0.2) is 19.1 Å². The van der Waals surface area contributed by atoms with Crippen molar-refractivity contribution in [2.75, 3.05) is 7.11 Å². The molecule has 0 amide bonds. The van der Waals surface area contributed by atoms with Crippen LogP contribution in [-0.2, 0) is 28.9 Å². The topological polar surface area (TPSA) is 38.3 Å². The molecule has 0 saturated heterocycles. The number of rotatable bonds is 7. The predicted octanol–water partition coefficient (Wildman–Crippen LogP) is 3.12. The summed E-state index contributed by atoms with van der Waals surface area (Å²) in [7, 11) is 1.41. The van der Waals surface area contributed by atoms with E-state index in [0.29, 0.717) is 12.5 Å². The third kappa shape index (κ3) is 5.34. The van der Waals surface area contributed by atoms with Crippen molar-refractivity contribution in [1.29, 1.82) is 0 Å². The first-order valence-corrected chi connectivity index (χ1v) is 7.59. The van der Waals surface area contributed by atoms with E-state index >= 15 is 0 Å². The Morgan fingerprint density at radius 1 is 1.00 bits per heavy atom. The lowest BCUT2D eigenvalue weighted by Crippen LogP contribution is -2.27. The number of carbonyl (C=O) groups excluding carboxylic acids is 1. The average molecular weight is 297 g/mol. The van der Waals surface area contributed by atoms with Crippen molar-refractivity contribution in [3.05, 3.63) is 71.3 Å². The molecule has 1 atom stereocenters. The zero-order valence-electron chi connectivity index (χ0n) is 13.2. The Kier molecular flexibility index (Phi) is 6.16. The molecule has 0 saturated carbocycles. The molecule has 0 heterocycles. The first kappa shape index (κ1) is 16.2. The van der Waals surface area contributed by atoms with Crippen LogP contribution < -0.4 is 5.32 Å². The molecule has 22 heavy (non-hydrogen) atoms. The second-order valence-electron chi connectivity index (χ2n) is 5.54. The van der Waals surface area contributed by atoms with E-state index in [1.165, 1.54) is 18.2 Å². The molecule has 2 rings (SSSR count). The maximum atomic E-state index is 11.2. The van der Waals surface area contributed by atoms with Crippen molar-refractivity contribution in [2.45, 2.75) is 32.4 Å². The molecule has 0 aliphatic carbocycles. The van der Waals surface area contributed by atoms with Gasteiger partial charge in [-0.05, 0) is 30.0 Å². The summed E-state index contributed by atoms with van der Waals surface area (Å²) in [6.07, 6.45) is 1.30. The van der Waals surface area contributed by atoms with Crippen LogP contribution in [0.3, 0.4) is 0 Å². The number of methoxy groups -OCH3 is 1. The monoisotopic (exact) mass is 297 g/mol. The molecule has 1 N–H and O–H groups in total. The maximum absolute atomic E-state index is 11.2. The molecule has 2 aromatic carbocycles. The van der Waals surface area contributed by atoms with Crippen LogP contribution in [0.2, 0.25) is 0 Å². The molecule has 0 aliphatic heterocycles. The largest absolute Gasteiger partial charge is 0.469 e. The van der Waals surface area contributed by atoms with Crippen LogP contribution in [0.25, 0.3) is 0 Å². The fourth-order valence-electron chi connectivity index (χ4n) is 2.35. The standard InChI is InChI=1S/C19H23NO2/c1-15(20-14-18-6-4-3-5-7-18)12-16-8-10-17(11-9-16)13-19(21)22-2/h3-11,15,20H,12-14H2,1-2H3. The molecule has 0 aromatic heterocycles. The van der Waals surface area contributed by atoms with E-state index in [2.05, 4.69) is 53.4 Å². The van der Waals surface area contributed by atoms with E-state index in [4.69, 9.17) is 0 Å². The highest BCUT2D eigenvalue weighted by Gasteiger charge is 2.05. The summed E-state index contributed by atoms with van der Waals surface area (Å²) in [5.41, 5.74) is 3.55. The van der Waals surface area contributed by atoms with Gasteiger partial charge in [0.15, 0.2) is 0 Å². The second kappa shape index (κ2) is 8.35. The van der Waals surface area contributed by atoms with Gasteiger partial charge in [0.05, 0.1) is 13.5 Å². The summed E-state index contributed by atoms with van der Waals surface area (Å²) < 4.78 is 4.67. The summed E-state index contributed by atoms with van der Waals surface area (Å²) >= 11 is 0. The molecule has 0 fully saturated rings. The number of ether oxygens (including phenoxy) is 1. The van der Waals surface area contributed by atoms with Crippen LogP contribution in [0, 0.1) is 0 Å². The summed E-state index contributed by atoms with van der Waals surface area (Å²) in [6.45, 7) is 3.06. The second-order valence-corrected chi connectivity index (χ2v) is 5.54. The zero-order valence-corrected chi connectivity index (χ0v) is 13.2. The molecule has 0 radical (unpaired) electrons. The highest BCUT2D eigenvalue weighted by atomic mass is 16.5. The Balaban J connectivity index is 1.81. The van der Waals surface area contributed by atoms with Gasteiger partial charge in [-0.2, -0.15) is 0 Å². The van der Waals surface area contributed by atoms with Gasteiger partial charge in [0.1, 0.15) is 0 Å². The highest BCUT2D eigenvalue weighted by molar-refractivity contribution is 5.72. The molecule has 3 nitrogen and oxygen atoms in total. The minimum atomic E-state index is -0.203. The van der Waals surface area contributed by atoms with Gasteiger partial charge in [0.25, 0.3) is 0 Å². The number of esters is 1. The van der Waals surface area contributed by atoms with Gasteiger partial charge in [-0.1, -0.05) is 54.6 Å². The Morgan fingerprint density at radius 3 is 2.27 bits per heavy atom. The van der Waals surface area contributed by atoms with E-state index in [-0.39, 0.29) is 5.97 Å². The molecule has 3 heteroatoms. The first-order chi connectivity index (χ1) is 10.7. The van der Waals surface area contributed by atoms with Gasteiger partial charge in [-0.25, -0.2) is 0 Å². The predicted molar refractivity (Wildman–Crippen MR) is 88.6 cm³/mol. The molecular formula is C19H23NO2. The van der Waals surface area contributed by atoms with Crippen LogP contribution in [0.15, 0.2) is 54.6 Å². The van der Waals surface area contributed by atoms with Crippen molar-refractivity contribution in [2.24, 2.45) is 0 Å². The summed E-state index contributed by atoms with van der Waals surface area (Å²) in [4.78, 5) is 11.2. The molecule has 0 aliphatic rings. The van der Waals surface area contributed by atoms with Gasteiger partial charge in [0, 0.05) is 12.6 Å². The third-order valence-electron chi connectivity index (χ3n) is 3.64. The summed E-state index contributed by atoms with van der Waals surface area (Å²) in [6, 6.07) is 18.9. The minimum Gasteiger partial charge on any atom is -0.469 e. The number of benzene rings is 2. The SMILES string of the molecule is COC(=O)Cc1ccc(CC(C)NCc2ccccc2)cc1. The fourth-order valence-corrected chi connectivity index (χ4v) is 2.35. The van der Waals surface area contributed by atoms with Crippen molar-refractivity contribution < 1.29 is 9.53 Å². The van der Waals surface area contributed by atoms with Crippen LogP contribution >= 0.6 is 0 Å². The normalized spacial score (nSPS) is 11.9. The number of carbonyl (C=O) groups is 1. The molecular weight excluding hydrogens is 274 g/mol. The Labute approximate surface area is 132 Å². The number of hydrogen-bond acceptors (Lipinski definition) is 3. The van der Waals surface area contributed by atoms with Gasteiger partial charge in [0.2, 0.25) is 0 Å². The smallest absolute Gasteiger partial charge is 0.309 e. The lowest BCUT2D eigenvalue weighted by Gasteiger charge is -2.14. The van der Waals surface area contributed by atoms with E-state index in [0.717, 1.165) is 18.5 Å². The average Bonchev–Trinajstić information content (AvgIpc) is 2.55. The van der Waals surface area contributed by atoms with Crippen LogP contribution in [0.1, 0.15) is 23.6 Å². The van der Waals surface area contributed by atoms with Crippen molar-refractivity contribution >= 4 is 5.97 Å². The van der Waals surface area contributed by atoms with E-state index in [1.54, 1.807) is 0 Å². The zero-order chi connectivity index (χ0) is 15.8. The third-order valence-corrected chi connectivity index (χ3v) is 3.64. The molecule has 2 aromatic rings. The van der Waals surface area contributed by atoms with Crippen molar-refractivity contribution in [3.63, 3.8) is 0 Å². The van der Waals surface area contributed by atoms with Crippen molar-refractivity contribution in [1.82, 2.24) is 5.32 Å². The minimum absolute atomic E-state index is 0.203. The Hall–Kier alpha value is -2.13. The maximum Gasteiger partial charge on any atom is 0.309 e. The Morgan fingerprint density at radius 2 is 1.64 bits per heavy atom. The molecule has 1 unspecified atom stereocenters. The van der Waals surface area contributed by atoms with Crippen molar-refractivity contribution in [3.8, 4) is 0 Å². The molecule has 116 valence electrons. The summed E-state index contributed by atoms with van der Waals surface area (Å²) in [5, 5.41) is 3.53. The van der Waals surface area contributed by atoms with Crippen LogP contribution in [0.5, 0.6) is 0 Å². The molecule has 0 spiro atoms. The van der Waals surface area contributed by atoms with E-state index in [9.17, 15) is 4.79 Å². The summed E-state index contributed by atoms with van der Waals surface area (Å²) in [5.74, 6) is -0.203. The first-order valence-electron chi connectivity index (χ1n) is 7.59. The van der Waals surface area contributed by atoms with Gasteiger partial charge >= 0.3 is 5.97 Å². The van der Waals surface area contributed by atoms with Gasteiger partial charge < -0.3 is 10.1 Å². The Bertz CT molecular complexity index is 578. The van der Waals surface area contributed by atoms with E-state index < -0.39 is 0 Å². The lowest BCUT2D eigenvalue weighted by molar-refractivity contribution is -0.139. The quantitative estimate of drug-likeness (QED) is 0.798. The highest BCUT2D eigenvalue weighted by Crippen LogP contribution is 2.09. The molecule has 0 bridgehead atoms. The fraction of sp³-hybridized carbons (Fsp3) is 0.316. The van der Waals surface area contributed by atoms with E-state index in [1.807, 2.05) is 18.2 Å².